The van der Waals surface area contributed by atoms with Gasteiger partial charge in [-0.2, -0.15) is 0 Å². The third kappa shape index (κ3) is 2.96. The molecule has 19 heavy (non-hydrogen) atoms. The summed E-state index contributed by atoms with van der Waals surface area (Å²) in [6, 6.07) is 5.46. The zero-order valence-corrected chi connectivity index (χ0v) is 11.8. The highest BCUT2D eigenvalue weighted by molar-refractivity contribution is 9.10. The molecular formula is C11H9BrN2O4S. The van der Waals surface area contributed by atoms with Crippen molar-refractivity contribution in [1.29, 1.82) is 0 Å². The van der Waals surface area contributed by atoms with E-state index in [2.05, 4.69) is 25.6 Å². The molecule has 2 aromatic rings. The summed E-state index contributed by atoms with van der Waals surface area (Å²) < 4.78 is 26.7. The molecule has 0 aliphatic carbocycles. The molecule has 1 aromatic carbocycles. The predicted molar refractivity (Wildman–Crippen MR) is 72.7 cm³/mol. The van der Waals surface area contributed by atoms with Crippen LogP contribution in [-0.2, 0) is 10.0 Å². The Morgan fingerprint density at radius 1 is 1.32 bits per heavy atom. The second-order valence-corrected chi connectivity index (χ2v) is 6.19. The van der Waals surface area contributed by atoms with Crippen molar-refractivity contribution in [2.75, 3.05) is 4.72 Å². The standard InChI is InChI=1S/C11H9BrN2O4S/c12-9-5-7(11(15)16)1-2-10(9)14-19(17,18)8-3-4-13-6-8/h1-6,13-14H,(H,15,16). The molecular weight excluding hydrogens is 336 g/mol. The lowest BCUT2D eigenvalue weighted by Crippen LogP contribution is -2.12. The summed E-state index contributed by atoms with van der Waals surface area (Å²) in [6.45, 7) is 0. The summed E-state index contributed by atoms with van der Waals surface area (Å²) in [5, 5.41) is 8.82. The van der Waals surface area contributed by atoms with Crippen LogP contribution in [0.2, 0.25) is 0 Å². The van der Waals surface area contributed by atoms with E-state index in [4.69, 9.17) is 5.11 Å². The number of carbonyl (C=O) groups is 1. The minimum absolute atomic E-state index is 0.0662. The van der Waals surface area contributed by atoms with Crippen molar-refractivity contribution in [3.05, 3.63) is 46.7 Å². The maximum absolute atomic E-state index is 12.0. The van der Waals surface area contributed by atoms with Gasteiger partial charge in [0.25, 0.3) is 10.0 Å². The summed E-state index contributed by atoms with van der Waals surface area (Å²) in [5.41, 5.74) is 0.336. The van der Waals surface area contributed by atoms with Crippen LogP contribution in [0, 0.1) is 0 Å². The van der Waals surface area contributed by atoms with E-state index in [1.807, 2.05) is 0 Å². The molecule has 6 nitrogen and oxygen atoms in total. The molecule has 0 aliphatic rings. The Morgan fingerprint density at radius 2 is 2.05 bits per heavy atom. The molecule has 8 heteroatoms. The van der Waals surface area contributed by atoms with E-state index >= 15 is 0 Å². The molecule has 0 unspecified atom stereocenters. The maximum atomic E-state index is 12.0. The third-order valence-corrected chi connectivity index (χ3v) is 4.36. The lowest BCUT2D eigenvalue weighted by molar-refractivity contribution is 0.0697. The number of hydrogen-bond acceptors (Lipinski definition) is 3. The van der Waals surface area contributed by atoms with Crippen molar-refractivity contribution in [2.24, 2.45) is 0 Å². The van der Waals surface area contributed by atoms with Crippen molar-refractivity contribution in [3.63, 3.8) is 0 Å². The molecule has 0 aliphatic heterocycles. The Kier molecular flexibility index (Phi) is 3.63. The zero-order valence-electron chi connectivity index (χ0n) is 9.42. The monoisotopic (exact) mass is 344 g/mol. The quantitative estimate of drug-likeness (QED) is 0.792. The number of aromatic carboxylic acids is 1. The normalized spacial score (nSPS) is 11.2. The molecule has 0 atom stereocenters. The second kappa shape index (κ2) is 5.06. The van der Waals surface area contributed by atoms with Crippen LogP contribution in [0.5, 0.6) is 0 Å². The highest BCUT2D eigenvalue weighted by atomic mass is 79.9. The fourth-order valence-corrected chi connectivity index (χ4v) is 3.08. The average Bonchev–Trinajstić information content (AvgIpc) is 2.85. The van der Waals surface area contributed by atoms with Crippen LogP contribution in [-0.4, -0.2) is 24.5 Å². The number of rotatable bonds is 4. The van der Waals surface area contributed by atoms with Gasteiger partial charge in [0.2, 0.25) is 0 Å². The van der Waals surface area contributed by atoms with Gasteiger partial charge in [-0.3, -0.25) is 4.72 Å². The highest BCUT2D eigenvalue weighted by Crippen LogP contribution is 2.26. The summed E-state index contributed by atoms with van der Waals surface area (Å²) in [5.74, 6) is -1.08. The molecule has 0 saturated heterocycles. The van der Waals surface area contributed by atoms with Crippen molar-refractivity contribution < 1.29 is 18.3 Å². The molecule has 100 valence electrons. The van der Waals surface area contributed by atoms with Crippen molar-refractivity contribution in [1.82, 2.24) is 4.98 Å². The van der Waals surface area contributed by atoms with Crippen LogP contribution in [0.15, 0.2) is 46.0 Å². The average molecular weight is 345 g/mol. The maximum Gasteiger partial charge on any atom is 0.335 e. The van der Waals surface area contributed by atoms with E-state index in [1.165, 1.54) is 36.7 Å². The van der Waals surface area contributed by atoms with E-state index in [1.54, 1.807) is 0 Å². The van der Waals surface area contributed by atoms with Gasteiger partial charge in [-0.1, -0.05) is 0 Å². The molecule has 0 fully saturated rings. The molecule has 0 radical (unpaired) electrons. The minimum Gasteiger partial charge on any atom is -0.478 e. The molecule has 0 amide bonds. The Morgan fingerprint density at radius 3 is 2.58 bits per heavy atom. The van der Waals surface area contributed by atoms with Gasteiger partial charge in [0.15, 0.2) is 0 Å². The van der Waals surface area contributed by atoms with Crippen LogP contribution < -0.4 is 4.72 Å². The number of sulfonamides is 1. The summed E-state index contributed by atoms with van der Waals surface area (Å²) >= 11 is 3.13. The molecule has 1 heterocycles. The first-order valence-corrected chi connectivity index (χ1v) is 7.36. The van der Waals surface area contributed by atoms with E-state index in [0.717, 1.165) is 0 Å². The highest BCUT2D eigenvalue weighted by Gasteiger charge is 2.16. The summed E-state index contributed by atoms with van der Waals surface area (Å²) in [7, 11) is -3.68. The SMILES string of the molecule is O=C(O)c1ccc(NS(=O)(=O)c2cc[nH]c2)c(Br)c1. The van der Waals surface area contributed by atoms with Gasteiger partial charge in [0.1, 0.15) is 4.90 Å². The number of H-pyrrole nitrogens is 1. The number of hydrogen-bond donors (Lipinski definition) is 3. The molecule has 0 spiro atoms. The molecule has 3 N–H and O–H groups in total. The molecule has 1 aromatic heterocycles. The number of carboxylic acid groups (broad SMARTS) is 1. The second-order valence-electron chi connectivity index (χ2n) is 3.65. The number of halogens is 1. The Labute approximate surface area is 117 Å². The number of benzene rings is 1. The van der Waals surface area contributed by atoms with Crippen LogP contribution in [0.3, 0.4) is 0 Å². The number of carboxylic acids is 1. The van der Waals surface area contributed by atoms with Gasteiger partial charge >= 0.3 is 5.97 Å². The smallest absolute Gasteiger partial charge is 0.335 e. The van der Waals surface area contributed by atoms with Gasteiger partial charge in [0.05, 0.1) is 11.3 Å². The fourth-order valence-electron chi connectivity index (χ4n) is 1.41. The van der Waals surface area contributed by atoms with Gasteiger partial charge in [0, 0.05) is 16.9 Å². The van der Waals surface area contributed by atoms with E-state index in [0.29, 0.717) is 4.47 Å². The third-order valence-electron chi connectivity index (χ3n) is 2.34. The summed E-state index contributed by atoms with van der Waals surface area (Å²) in [6.07, 6.45) is 2.85. The lowest BCUT2D eigenvalue weighted by atomic mass is 10.2. The first-order chi connectivity index (χ1) is 8.90. The number of nitrogens with one attached hydrogen (secondary N) is 2. The molecule has 2 rings (SSSR count). The lowest BCUT2D eigenvalue weighted by Gasteiger charge is -2.09. The Balaban J connectivity index is 2.32. The van der Waals surface area contributed by atoms with E-state index < -0.39 is 16.0 Å². The first kappa shape index (κ1) is 13.6. The fraction of sp³-hybridized carbons (Fsp3) is 0. The van der Waals surface area contributed by atoms with Gasteiger partial charge in [-0.05, 0) is 40.2 Å². The number of anilines is 1. The van der Waals surface area contributed by atoms with Crippen LogP contribution in [0.4, 0.5) is 5.69 Å². The van der Waals surface area contributed by atoms with Crippen molar-refractivity contribution >= 4 is 37.6 Å². The molecule has 0 saturated carbocycles. The van der Waals surface area contributed by atoms with Crippen molar-refractivity contribution in [2.45, 2.75) is 4.90 Å². The van der Waals surface area contributed by atoms with E-state index in [9.17, 15) is 13.2 Å². The van der Waals surface area contributed by atoms with Crippen molar-refractivity contribution in [3.8, 4) is 0 Å². The van der Waals surface area contributed by atoms with Crippen LogP contribution >= 0.6 is 15.9 Å². The Hall–Kier alpha value is -1.80. The predicted octanol–water partition coefficient (Wildman–Crippen LogP) is 2.28. The summed E-state index contributed by atoms with van der Waals surface area (Å²) in [4.78, 5) is 13.5. The van der Waals surface area contributed by atoms with Crippen LogP contribution in [0.1, 0.15) is 10.4 Å². The van der Waals surface area contributed by atoms with Gasteiger partial charge in [-0.15, -0.1) is 0 Å². The zero-order chi connectivity index (χ0) is 14.0. The van der Waals surface area contributed by atoms with Gasteiger partial charge < -0.3 is 10.1 Å². The minimum atomic E-state index is -3.68. The topological polar surface area (TPSA) is 99.3 Å². The van der Waals surface area contributed by atoms with Crippen LogP contribution in [0.25, 0.3) is 0 Å². The first-order valence-electron chi connectivity index (χ1n) is 5.08. The molecule has 0 bridgehead atoms. The number of aromatic nitrogens is 1. The number of aromatic amines is 1. The van der Waals surface area contributed by atoms with E-state index in [-0.39, 0.29) is 16.1 Å². The Bertz CT molecular complexity index is 710. The van der Waals surface area contributed by atoms with Gasteiger partial charge in [-0.25, -0.2) is 13.2 Å². The largest absolute Gasteiger partial charge is 0.478 e.